The summed E-state index contributed by atoms with van der Waals surface area (Å²) in [5, 5.41) is 8.15. The Morgan fingerprint density at radius 2 is 2.12 bits per heavy atom. The van der Waals surface area contributed by atoms with Gasteiger partial charge in [0.05, 0.1) is 0 Å². The molecular formula is C18H22N4OS. The molecule has 1 saturated heterocycles. The predicted molar refractivity (Wildman–Crippen MR) is 95.3 cm³/mol. The van der Waals surface area contributed by atoms with Crippen LogP contribution in [0, 0.1) is 12.8 Å². The molecule has 0 aromatic carbocycles. The largest absolute Gasteiger partial charge is 0.353 e. The predicted octanol–water partition coefficient (Wildman–Crippen LogP) is 2.69. The van der Waals surface area contributed by atoms with E-state index in [-0.39, 0.29) is 5.92 Å². The molecule has 2 aliphatic rings. The van der Waals surface area contributed by atoms with Gasteiger partial charge < -0.3 is 9.80 Å². The van der Waals surface area contributed by atoms with E-state index in [1.165, 1.54) is 9.75 Å². The molecule has 4 rings (SSSR count). The Hall–Kier alpha value is -1.95. The number of anilines is 1. The first-order chi connectivity index (χ1) is 11.7. The molecule has 0 spiro atoms. The SMILES string of the molecule is Cc1ccc(C2CC2C(=O)N2CCCN(c3cccnn3)CC2)s1. The summed E-state index contributed by atoms with van der Waals surface area (Å²) in [7, 11) is 0. The Kier molecular flexibility index (Phi) is 4.22. The molecule has 2 unspecified atom stereocenters. The van der Waals surface area contributed by atoms with Crippen molar-refractivity contribution in [3.63, 3.8) is 0 Å². The van der Waals surface area contributed by atoms with E-state index in [0.717, 1.165) is 44.8 Å². The van der Waals surface area contributed by atoms with Crippen LogP contribution >= 0.6 is 11.3 Å². The Bertz CT molecular complexity index is 717. The lowest BCUT2D eigenvalue weighted by Gasteiger charge is -2.22. The molecule has 1 aliphatic heterocycles. The van der Waals surface area contributed by atoms with Crippen LogP contribution in [0.25, 0.3) is 0 Å². The molecule has 1 saturated carbocycles. The standard InChI is InChI=1S/C18H22N4OS/c1-13-5-6-16(24-13)14-12-15(14)18(23)22-9-3-8-21(10-11-22)17-4-2-7-19-20-17/h2,4-7,14-15H,3,8-12H2,1H3. The van der Waals surface area contributed by atoms with Crippen molar-refractivity contribution >= 4 is 23.1 Å². The summed E-state index contributed by atoms with van der Waals surface area (Å²) < 4.78 is 0. The first kappa shape index (κ1) is 15.6. The Balaban J connectivity index is 1.37. The molecule has 5 nitrogen and oxygen atoms in total. The van der Waals surface area contributed by atoms with Crippen molar-refractivity contribution in [1.29, 1.82) is 0 Å². The minimum Gasteiger partial charge on any atom is -0.353 e. The second-order valence-electron chi connectivity index (χ2n) is 6.64. The van der Waals surface area contributed by atoms with E-state index < -0.39 is 0 Å². The minimum absolute atomic E-state index is 0.200. The number of carbonyl (C=O) groups excluding carboxylic acids is 1. The highest BCUT2D eigenvalue weighted by molar-refractivity contribution is 7.12. The number of hydrogen-bond acceptors (Lipinski definition) is 5. The van der Waals surface area contributed by atoms with Gasteiger partial charge in [0.2, 0.25) is 5.91 Å². The monoisotopic (exact) mass is 342 g/mol. The van der Waals surface area contributed by atoms with Gasteiger partial charge in [0, 0.05) is 54.0 Å². The fraction of sp³-hybridized carbons (Fsp3) is 0.500. The lowest BCUT2D eigenvalue weighted by atomic mass is 10.2. The topological polar surface area (TPSA) is 49.3 Å². The molecule has 1 aliphatic carbocycles. The highest BCUT2D eigenvalue weighted by atomic mass is 32.1. The van der Waals surface area contributed by atoms with Gasteiger partial charge in [-0.2, -0.15) is 5.10 Å². The van der Waals surface area contributed by atoms with E-state index in [9.17, 15) is 4.79 Å². The maximum atomic E-state index is 12.8. The molecule has 0 N–H and O–H groups in total. The molecular weight excluding hydrogens is 320 g/mol. The zero-order valence-corrected chi connectivity index (χ0v) is 14.7. The van der Waals surface area contributed by atoms with Crippen LogP contribution in [0.2, 0.25) is 0 Å². The van der Waals surface area contributed by atoms with Crippen molar-refractivity contribution in [3.05, 3.63) is 40.2 Å². The van der Waals surface area contributed by atoms with Crippen LogP contribution < -0.4 is 4.90 Å². The number of hydrogen-bond donors (Lipinski definition) is 0. The molecule has 3 heterocycles. The summed E-state index contributed by atoms with van der Waals surface area (Å²) in [5.74, 6) is 1.90. The fourth-order valence-corrected chi connectivity index (χ4v) is 4.55. The zero-order valence-electron chi connectivity index (χ0n) is 13.9. The summed E-state index contributed by atoms with van der Waals surface area (Å²) in [4.78, 5) is 19.8. The molecule has 0 bridgehead atoms. The van der Waals surface area contributed by atoms with Gasteiger partial charge in [-0.25, -0.2) is 0 Å². The first-order valence-electron chi connectivity index (χ1n) is 8.60. The van der Waals surface area contributed by atoms with Gasteiger partial charge in [-0.3, -0.25) is 4.79 Å². The third-order valence-electron chi connectivity index (χ3n) is 4.92. The molecule has 0 radical (unpaired) electrons. The Labute approximate surface area is 146 Å². The second-order valence-corrected chi connectivity index (χ2v) is 7.96. The third kappa shape index (κ3) is 3.15. The molecule has 126 valence electrons. The van der Waals surface area contributed by atoms with E-state index in [2.05, 4.69) is 39.1 Å². The summed E-state index contributed by atoms with van der Waals surface area (Å²) in [6, 6.07) is 8.25. The van der Waals surface area contributed by atoms with Crippen LogP contribution in [-0.2, 0) is 4.79 Å². The third-order valence-corrected chi connectivity index (χ3v) is 6.06. The fourth-order valence-electron chi connectivity index (χ4n) is 3.50. The summed E-state index contributed by atoms with van der Waals surface area (Å²) in [6.07, 6.45) is 3.69. The smallest absolute Gasteiger partial charge is 0.226 e. The zero-order chi connectivity index (χ0) is 16.5. The maximum Gasteiger partial charge on any atom is 0.226 e. The molecule has 2 aromatic rings. The van der Waals surface area contributed by atoms with Gasteiger partial charge >= 0.3 is 0 Å². The van der Waals surface area contributed by atoms with Gasteiger partial charge in [0.1, 0.15) is 0 Å². The minimum atomic E-state index is 0.200. The first-order valence-corrected chi connectivity index (χ1v) is 9.42. The maximum absolute atomic E-state index is 12.8. The van der Waals surface area contributed by atoms with E-state index >= 15 is 0 Å². The van der Waals surface area contributed by atoms with Crippen molar-refractivity contribution in [1.82, 2.24) is 15.1 Å². The van der Waals surface area contributed by atoms with Crippen molar-refractivity contribution in [2.45, 2.75) is 25.7 Å². The van der Waals surface area contributed by atoms with Crippen LogP contribution in [0.5, 0.6) is 0 Å². The molecule has 6 heteroatoms. The lowest BCUT2D eigenvalue weighted by Crippen LogP contribution is -2.36. The van der Waals surface area contributed by atoms with Gasteiger partial charge in [0.25, 0.3) is 0 Å². The van der Waals surface area contributed by atoms with E-state index in [0.29, 0.717) is 11.8 Å². The quantitative estimate of drug-likeness (QED) is 0.860. The summed E-state index contributed by atoms with van der Waals surface area (Å²) in [5.41, 5.74) is 0. The van der Waals surface area contributed by atoms with Crippen molar-refractivity contribution in [2.24, 2.45) is 5.92 Å². The molecule has 2 fully saturated rings. The van der Waals surface area contributed by atoms with Crippen molar-refractivity contribution in [2.75, 3.05) is 31.1 Å². The normalized spacial score (nSPS) is 23.9. The van der Waals surface area contributed by atoms with Crippen LogP contribution in [-0.4, -0.2) is 47.2 Å². The molecule has 2 aromatic heterocycles. The van der Waals surface area contributed by atoms with E-state index in [1.807, 2.05) is 23.5 Å². The highest BCUT2D eigenvalue weighted by Crippen LogP contribution is 2.50. The number of amides is 1. The van der Waals surface area contributed by atoms with Gasteiger partial charge in [-0.15, -0.1) is 16.4 Å². The number of carbonyl (C=O) groups is 1. The van der Waals surface area contributed by atoms with Gasteiger partial charge in [0.15, 0.2) is 5.82 Å². The second kappa shape index (κ2) is 6.51. The summed E-state index contributed by atoms with van der Waals surface area (Å²) in [6.45, 7) is 5.52. The average Bonchev–Trinajstić information content (AvgIpc) is 3.35. The summed E-state index contributed by atoms with van der Waals surface area (Å²) >= 11 is 1.83. The molecule has 2 atom stereocenters. The average molecular weight is 342 g/mol. The van der Waals surface area contributed by atoms with Crippen LogP contribution in [0.1, 0.15) is 28.5 Å². The van der Waals surface area contributed by atoms with Crippen LogP contribution in [0.15, 0.2) is 30.5 Å². The van der Waals surface area contributed by atoms with Gasteiger partial charge in [-0.1, -0.05) is 0 Å². The number of rotatable bonds is 3. The number of aryl methyl sites for hydroxylation is 1. The molecule has 1 amide bonds. The van der Waals surface area contributed by atoms with Crippen molar-refractivity contribution in [3.8, 4) is 0 Å². The van der Waals surface area contributed by atoms with E-state index in [4.69, 9.17) is 0 Å². The number of aromatic nitrogens is 2. The Morgan fingerprint density at radius 1 is 1.21 bits per heavy atom. The molecule has 24 heavy (non-hydrogen) atoms. The van der Waals surface area contributed by atoms with Crippen LogP contribution in [0.3, 0.4) is 0 Å². The highest BCUT2D eigenvalue weighted by Gasteiger charge is 2.46. The number of nitrogens with zero attached hydrogens (tertiary/aromatic N) is 4. The Morgan fingerprint density at radius 3 is 2.88 bits per heavy atom. The number of thiophene rings is 1. The van der Waals surface area contributed by atoms with Crippen molar-refractivity contribution < 1.29 is 4.79 Å². The van der Waals surface area contributed by atoms with Gasteiger partial charge in [-0.05, 0) is 44.0 Å². The van der Waals surface area contributed by atoms with E-state index in [1.54, 1.807) is 6.20 Å². The lowest BCUT2D eigenvalue weighted by molar-refractivity contribution is -0.132. The van der Waals surface area contributed by atoms with Crippen LogP contribution in [0.4, 0.5) is 5.82 Å².